The van der Waals surface area contributed by atoms with Gasteiger partial charge in [-0.05, 0) is 32.3 Å². The van der Waals surface area contributed by atoms with Crippen LogP contribution in [0.1, 0.15) is 10.4 Å². The third-order valence-corrected chi connectivity index (χ3v) is 3.31. The normalized spacial score (nSPS) is 10.7. The third-order valence-electron chi connectivity index (χ3n) is 2.88. The van der Waals surface area contributed by atoms with Crippen molar-refractivity contribution in [2.24, 2.45) is 0 Å². The molecule has 1 aromatic carbocycles. The molecule has 0 aliphatic carbocycles. The second kappa shape index (κ2) is 8.10. The molecule has 8 heteroatoms. The van der Waals surface area contributed by atoms with E-state index in [1.165, 1.54) is 12.4 Å². The molecule has 2 aromatic rings. The molecule has 2 N–H and O–H groups in total. The van der Waals surface area contributed by atoms with Crippen molar-refractivity contribution in [3.05, 3.63) is 46.2 Å². The highest BCUT2D eigenvalue weighted by molar-refractivity contribution is 6.35. The molecule has 0 unspecified atom stereocenters. The summed E-state index contributed by atoms with van der Waals surface area (Å²) in [6.45, 7) is 1.33. The number of hydrogen-bond acceptors (Lipinski definition) is 5. The number of hydrogen-bond donors (Lipinski definition) is 2. The third kappa shape index (κ3) is 5.67. The second-order valence-electron chi connectivity index (χ2n) is 5.14. The summed E-state index contributed by atoms with van der Waals surface area (Å²) in [5.41, 5.74) is 1.07. The molecule has 0 bridgehead atoms. The van der Waals surface area contributed by atoms with E-state index >= 15 is 0 Å². The van der Waals surface area contributed by atoms with Gasteiger partial charge >= 0.3 is 0 Å². The van der Waals surface area contributed by atoms with Crippen molar-refractivity contribution in [2.75, 3.05) is 32.5 Å². The Labute approximate surface area is 144 Å². The minimum atomic E-state index is -0.204. The molecule has 1 heterocycles. The topological polar surface area (TPSA) is 70.2 Å². The summed E-state index contributed by atoms with van der Waals surface area (Å²) in [7, 11) is 3.88. The number of rotatable bonds is 6. The van der Waals surface area contributed by atoms with E-state index in [1.807, 2.05) is 19.0 Å². The first-order valence-corrected chi connectivity index (χ1v) is 7.68. The molecule has 0 aliphatic rings. The van der Waals surface area contributed by atoms with Crippen LogP contribution in [0.15, 0.2) is 30.6 Å². The minimum Gasteiger partial charge on any atom is -0.351 e. The zero-order valence-corrected chi connectivity index (χ0v) is 14.3. The Bertz CT molecular complexity index is 656. The lowest BCUT2D eigenvalue weighted by Crippen LogP contribution is -2.31. The van der Waals surface area contributed by atoms with Crippen LogP contribution >= 0.6 is 23.2 Å². The van der Waals surface area contributed by atoms with Crippen molar-refractivity contribution in [2.45, 2.75) is 0 Å². The number of amides is 1. The number of benzene rings is 1. The van der Waals surface area contributed by atoms with E-state index in [0.717, 1.165) is 6.54 Å². The number of likely N-dealkylation sites (N-methyl/N-ethyl adjacent to an activating group) is 1. The number of nitrogens with zero attached hydrogens (tertiary/aromatic N) is 3. The maximum atomic E-state index is 11.9. The molecule has 0 atom stereocenters. The summed E-state index contributed by atoms with van der Waals surface area (Å²) in [4.78, 5) is 22.1. The summed E-state index contributed by atoms with van der Waals surface area (Å²) in [5, 5.41) is 6.80. The predicted molar refractivity (Wildman–Crippen MR) is 92.7 cm³/mol. The number of aromatic nitrogens is 2. The largest absolute Gasteiger partial charge is 0.351 e. The molecule has 2 rings (SSSR count). The van der Waals surface area contributed by atoms with Crippen molar-refractivity contribution in [1.82, 2.24) is 20.2 Å². The van der Waals surface area contributed by atoms with Gasteiger partial charge < -0.3 is 15.5 Å². The Hall–Kier alpha value is -1.89. The van der Waals surface area contributed by atoms with Gasteiger partial charge in [-0.2, -0.15) is 0 Å². The van der Waals surface area contributed by atoms with Gasteiger partial charge in [0.2, 0.25) is 5.95 Å². The highest BCUT2D eigenvalue weighted by atomic mass is 35.5. The van der Waals surface area contributed by atoms with Gasteiger partial charge in [0.05, 0.1) is 5.56 Å². The Morgan fingerprint density at radius 3 is 2.30 bits per heavy atom. The fourth-order valence-corrected chi connectivity index (χ4v) is 2.29. The Morgan fingerprint density at radius 1 is 1.13 bits per heavy atom. The number of anilines is 2. The number of halogens is 2. The first kappa shape index (κ1) is 17.5. The lowest BCUT2D eigenvalue weighted by atomic mass is 10.3. The molecule has 0 saturated carbocycles. The van der Waals surface area contributed by atoms with Crippen molar-refractivity contribution < 1.29 is 4.79 Å². The van der Waals surface area contributed by atoms with E-state index in [9.17, 15) is 4.79 Å². The first-order valence-electron chi connectivity index (χ1n) is 6.92. The van der Waals surface area contributed by atoms with E-state index in [1.54, 1.807) is 18.2 Å². The monoisotopic (exact) mass is 353 g/mol. The van der Waals surface area contributed by atoms with E-state index in [2.05, 4.69) is 20.6 Å². The van der Waals surface area contributed by atoms with Crippen molar-refractivity contribution in [1.29, 1.82) is 0 Å². The lowest BCUT2D eigenvalue weighted by Gasteiger charge is -2.10. The predicted octanol–water partition coefficient (Wildman–Crippen LogP) is 2.82. The molecule has 1 amide bonds. The average molecular weight is 354 g/mol. The van der Waals surface area contributed by atoms with Crippen LogP contribution in [0.3, 0.4) is 0 Å². The minimum absolute atomic E-state index is 0.204. The number of nitrogens with one attached hydrogen (secondary N) is 2. The van der Waals surface area contributed by atoms with Crippen LogP contribution in [0.4, 0.5) is 11.6 Å². The molecule has 0 radical (unpaired) electrons. The summed E-state index contributed by atoms with van der Waals surface area (Å²) < 4.78 is 0. The zero-order chi connectivity index (χ0) is 16.8. The van der Waals surface area contributed by atoms with Gasteiger partial charge in [0.25, 0.3) is 5.91 Å². The first-order chi connectivity index (χ1) is 10.9. The standard InChI is InChI=1S/C15H17Cl2N5O/c1-22(2)4-3-18-14(23)10-8-19-15(20-9-10)21-13-6-11(16)5-12(17)7-13/h5-9H,3-4H2,1-2H3,(H,18,23)(H,19,20,21). The van der Waals surface area contributed by atoms with Gasteiger partial charge in [-0.1, -0.05) is 23.2 Å². The molecule has 6 nitrogen and oxygen atoms in total. The Kier molecular flexibility index (Phi) is 6.15. The van der Waals surface area contributed by atoms with Crippen LogP contribution in [0, 0.1) is 0 Å². The van der Waals surface area contributed by atoms with E-state index < -0.39 is 0 Å². The fraction of sp³-hybridized carbons (Fsp3) is 0.267. The van der Waals surface area contributed by atoms with Gasteiger partial charge in [-0.15, -0.1) is 0 Å². The van der Waals surface area contributed by atoms with Crippen LogP contribution in [-0.4, -0.2) is 48.0 Å². The van der Waals surface area contributed by atoms with Crippen LogP contribution in [0.2, 0.25) is 10.0 Å². The summed E-state index contributed by atoms with van der Waals surface area (Å²) >= 11 is 11.9. The van der Waals surface area contributed by atoms with Crippen LogP contribution in [0.5, 0.6) is 0 Å². The van der Waals surface area contributed by atoms with E-state index in [4.69, 9.17) is 23.2 Å². The quantitative estimate of drug-likeness (QED) is 0.835. The van der Waals surface area contributed by atoms with Crippen LogP contribution < -0.4 is 10.6 Å². The molecule has 0 aliphatic heterocycles. The smallest absolute Gasteiger partial charge is 0.254 e. The molecule has 122 valence electrons. The lowest BCUT2D eigenvalue weighted by molar-refractivity contribution is 0.0950. The van der Waals surface area contributed by atoms with Crippen LogP contribution in [-0.2, 0) is 0 Å². The van der Waals surface area contributed by atoms with Gasteiger partial charge in [0.15, 0.2) is 0 Å². The number of carbonyl (C=O) groups is 1. The highest BCUT2D eigenvalue weighted by Gasteiger charge is 2.07. The summed E-state index contributed by atoms with van der Waals surface area (Å²) in [6.07, 6.45) is 2.93. The molecular weight excluding hydrogens is 337 g/mol. The molecule has 23 heavy (non-hydrogen) atoms. The Morgan fingerprint density at radius 2 is 1.74 bits per heavy atom. The van der Waals surface area contributed by atoms with Gasteiger partial charge in [-0.25, -0.2) is 9.97 Å². The van der Waals surface area contributed by atoms with Crippen molar-refractivity contribution in [3.8, 4) is 0 Å². The van der Waals surface area contributed by atoms with Crippen molar-refractivity contribution >= 4 is 40.7 Å². The maximum Gasteiger partial charge on any atom is 0.254 e. The van der Waals surface area contributed by atoms with Crippen LogP contribution in [0.25, 0.3) is 0 Å². The van der Waals surface area contributed by atoms with Crippen molar-refractivity contribution in [3.63, 3.8) is 0 Å². The molecule has 0 spiro atoms. The number of carbonyl (C=O) groups excluding carboxylic acids is 1. The zero-order valence-electron chi connectivity index (χ0n) is 12.8. The second-order valence-corrected chi connectivity index (χ2v) is 6.01. The maximum absolute atomic E-state index is 11.9. The fourth-order valence-electron chi connectivity index (χ4n) is 1.76. The average Bonchev–Trinajstić information content (AvgIpc) is 2.46. The summed E-state index contributed by atoms with van der Waals surface area (Å²) in [6, 6.07) is 5.05. The van der Waals surface area contributed by atoms with Gasteiger partial charge in [0, 0.05) is 41.2 Å². The molecule has 0 fully saturated rings. The van der Waals surface area contributed by atoms with Gasteiger partial charge in [-0.3, -0.25) is 4.79 Å². The SMILES string of the molecule is CN(C)CCNC(=O)c1cnc(Nc2cc(Cl)cc(Cl)c2)nc1. The Balaban J connectivity index is 1.97. The van der Waals surface area contributed by atoms with Gasteiger partial charge in [0.1, 0.15) is 0 Å². The molecular formula is C15H17Cl2N5O. The van der Waals surface area contributed by atoms with E-state index in [-0.39, 0.29) is 5.91 Å². The highest BCUT2D eigenvalue weighted by Crippen LogP contribution is 2.23. The summed E-state index contributed by atoms with van der Waals surface area (Å²) in [5.74, 6) is 0.150. The molecule has 0 saturated heterocycles. The molecule has 1 aromatic heterocycles. The van der Waals surface area contributed by atoms with E-state index in [0.29, 0.717) is 33.8 Å².